The highest BCUT2D eigenvalue weighted by molar-refractivity contribution is 5.93. The lowest BCUT2D eigenvalue weighted by molar-refractivity contribution is -0.389. The van der Waals surface area contributed by atoms with Gasteiger partial charge in [-0.3, -0.25) is 9.48 Å². The van der Waals surface area contributed by atoms with Crippen LogP contribution in [0.4, 0.5) is 15.9 Å². The van der Waals surface area contributed by atoms with E-state index in [1.807, 2.05) is 0 Å². The largest absolute Gasteiger partial charge is 0.390 e. The van der Waals surface area contributed by atoms with Gasteiger partial charge in [-0.25, -0.2) is 4.39 Å². The number of aryl methyl sites for hydroxylation is 1. The van der Waals surface area contributed by atoms with E-state index in [0.29, 0.717) is 23.4 Å². The highest BCUT2D eigenvalue weighted by Gasteiger charge is 2.27. The predicted octanol–water partition coefficient (Wildman–Crippen LogP) is 3.07. The molecule has 9 nitrogen and oxygen atoms in total. The van der Waals surface area contributed by atoms with Gasteiger partial charge in [0.2, 0.25) is 0 Å². The van der Waals surface area contributed by atoms with Crippen LogP contribution in [0.2, 0.25) is 0 Å². The summed E-state index contributed by atoms with van der Waals surface area (Å²) in [6.07, 6.45) is 3.45. The Morgan fingerprint density at radius 3 is 2.79 bits per heavy atom. The van der Waals surface area contributed by atoms with Crippen molar-refractivity contribution in [2.45, 2.75) is 32.9 Å². The van der Waals surface area contributed by atoms with Gasteiger partial charge < -0.3 is 15.4 Å². The molecule has 146 valence electrons. The van der Waals surface area contributed by atoms with Crippen molar-refractivity contribution >= 4 is 17.4 Å². The van der Waals surface area contributed by atoms with E-state index in [-0.39, 0.29) is 24.1 Å². The number of rotatable bonds is 7. The summed E-state index contributed by atoms with van der Waals surface area (Å²) >= 11 is 0. The molecule has 1 aromatic carbocycles. The van der Waals surface area contributed by atoms with Crippen LogP contribution in [0.15, 0.2) is 42.7 Å². The van der Waals surface area contributed by atoms with Crippen LogP contribution in [0, 0.1) is 22.9 Å². The van der Waals surface area contributed by atoms with E-state index in [2.05, 4.69) is 15.5 Å². The molecule has 28 heavy (non-hydrogen) atoms. The maximum absolute atomic E-state index is 13.8. The number of nitro groups is 1. The van der Waals surface area contributed by atoms with E-state index < -0.39 is 11.0 Å². The number of benzene rings is 1. The average molecular weight is 386 g/mol. The molecule has 2 heterocycles. The standard InChI is InChI=1S/C18H19FN6O3/c1-3-16(24-12(2)8-17(22-24)25(27)28)18(26)21-14-9-20-23(11-14)10-13-6-4-5-7-15(13)19/h4-9,11,16H,3,10H2,1-2H3,(H,21,26). The second-order valence-corrected chi connectivity index (χ2v) is 6.28. The van der Waals surface area contributed by atoms with Crippen LogP contribution in [0.5, 0.6) is 0 Å². The first-order valence-electron chi connectivity index (χ1n) is 8.66. The number of hydrogen-bond acceptors (Lipinski definition) is 5. The van der Waals surface area contributed by atoms with Crippen molar-refractivity contribution in [2.24, 2.45) is 0 Å². The summed E-state index contributed by atoms with van der Waals surface area (Å²) in [5, 5.41) is 21.7. The summed E-state index contributed by atoms with van der Waals surface area (Å²) in [4.78, 5) is 23.0. The van der Waals surface area contributed by atoms with Gasteiger partial charge in [0.25, 0.3) is 5.91 Å². The van der Waals surface area contributed by atoms with Gasteiger partial charge >= 0.3 is 5.82 Å². The zero-order chi connectivity index (χ0) is 20.3. The maximum Gasteiger partial charge on any atom is 0.390 e. The molecule has 3 aromatic rings. The van der Waals surface area contributed by atoms with Gasteiger partial charge in [0, 0.05) is 11.8 Å². The van der Waals surface area contributed by atoms with Crippen LogP contribution in [-0.2, 0) is 11.3 Å². The fourth-order valence-corrected chi connectivity index (χ4v) is 2.89. The van der Waals surface area contributed by atoms with Gasteiger partial charge in [0.1, 0.15) is 5.82 Å². The topological polar surface area (TPSA) is 108 Å². The van der Waals surface area contributed by atoms with Crippen molar-refractivity contribution < 1.29 is 14.1 Å². The lowest BCUT2D eigenvalue weighted by Crippen LogP contribution is -2.27. The number of halogens is 1. The molecule has 1 unspecified atom stereocenters. The molecule has 3 rings (SSSR count). The van der Waals surface area contributed by atoms with Crippen molar-refractivity contribution in [3.8, 4) is 0 Å². The van der Waals surface area contributed by atoms with E-state index in [4.69, 9.17) is 0 Å². The number of aromatic nitrogens is 4. The third-order valence-electron chi connectivity index (χ3n) is 4.27. The average Bonchev–Trinajstić information content (AvgIpc) is 3.25. The molecule has 10 heteroatoms. The Balaban J connectivity index is 1.72. The van der Waals surface area contributed by atoms with Crippen LogP contribution in [0.3, 0.4) is 0 Å². The van der Waals surface area contributed by atoms with Gasteiger partial charge in [-0.15, -0.1) is 0 Å². The molecular formula is C18H19FN6O3. The molecule has 0 radical (unpaired) electrons. The highest BCUT2D eigenvalue weighted by atomic mass is 19.1. The number of carbonyl (C=O) groups is 1. The molecule has 0 saturated carbocycles. The zero-order valence-electron chi connectivity index (χ0n) is 15.4. The second-order valence-electron chi connectivity index (χ2n) is 6.28. The summed E-state index contributed by atoms with van der Waals surface area (Å²) in [6.45, 7) is 3.67. The Hall–Kier alpha value is -3.56. The quantitative estimate of drug-likeness (QED) is 0.496. The molecule has 0 aliphatic heterocycles. The van der Waals surface area contributed by atoms with Crippen molar-refractivity contribution in [2.75, 3.05) is 5.32 Å². The Kier molecular flexibility index (Phi) is 5.48. The molecule has 0 bridgehead atoms. The first kappa shape index (κ1) is 19.2. The van der Waals surface area contributed by atoms with Gasteiger partial charge in [-0.1, -0.05) is 25.1 Å². The number of anilines is 1. The lowest BCUT2D eigenvalue weighted by Gasteiger charge is -2.13. The maximum atomic E-state index is 13.8. The molecule has 0 saturated heterocycles. The molecule has 1 atom stereocenters. The normalized spacial score (nSPS) is 12.0. The van der Waals surface area contributed by atoms with E-state index in [1.165, 1.54) is 27.7 Å². The van der Waals surface area contributed by atoms with Crippen LogP contribution in [-0.4, -0.2) is 30.4 Å². The molecule has 0 spiro atoms. The number of nitrogens with one attached hydrogen (secondary N) is 1. The zero-order valence-corrected chi connectivity index (χ0v) is 15.4. The Labute approximate surface area is 159 Å². The third-order valence-corrected chi connectivity index (χ3v) is 4.27. The van der Waals surface area contributed by atoms with Crippen LogP contribution in [0.1, 0.15) is 30.6 Å². The molecule has 0 aliphatic carbocycles. The van der Waals surface area contributed by atoms with Gasteiger partial charge in [-0.05, 0) is 24.3 Å². The van der Waals surface area contributed by atoms with Crippen molar-refractivity contribution in [1.82, 2.24) is 19.6 Å². The van der Waals surface area contributed by atoms with Gasteiger partial charge in [0.05, 0.1) is 35.3 Å². The first-order valence-corrected chi connectivity index (χ1v) is 8.66. The fourth-order valence-electron chi connectivity index (χ4n) is 2.89. The van der Waals surface area contributed by atoms with Crippen molar-refractivity contribution in [3.05, 3.63) is 69.9 Å². The highest BCUT2D eigenvalue weighted by Crippen LogP contribution is 2.20. The monoisotopic (exact) mass is 386 g/mol. The van der Waals surface area contributed by atoms with Crippen LogP contribution in [0.25, 0.3) is 0 Å². The smallest absolute Gasteiger partial charge is 0.358 e. The Bertz CT molecular complexity index is 1010. The molecule has 0 aliphatic rings. The van der Waals surface area contributed by atoms with E-state index in [1.54, 1.807) is 38.2 Å². The summed E-state index contributed by atoms with van der Waals surface area (Å²) in [7, 11) is 0. The minimum atomic E-state index is -0.705. The summed E-state index contributed by atoms with van der Waals surface area (Å²) in [6, 6.07) is 7.00. The molecule has 1 N–H and O–H groups in total. The van der Waals surface area contributed by atoms with E-state index >= 15 is 0 Å². The summed E-state index contributed by atoms with van der Waals surface area (Å²) in [5.74, 6) is -0.999. The minimum Gasteiger partial charge on any atom is -0.358 e. The van der Waals surface area contributed by atoms with Crippen molar-refractivity contribution in [3.63, 3.8) is 0 Å². The number of hydrogen-bond donors (Lipinski definition) is 1. The summed E-state index contributed by atoms with van der Waals surface area (Å²) in [5.41, 5.74) is 1.44. The Morgan fingerprint density at radius 1 is 1.39 bits per heavy atom. The van der Waals surface area contributed by atoms with E-state index in [0.717, 1.165) is 0 Å². The van der Waals surface area contributed by atoms with Crippen LogP contribution >= 0.6 is 0 Å². The minimum absolute atomic E-state index is 0.226. The molecule has 1 amide bonds. The van der Waals surface area contributed by atoms with Gasteiger partial charge in [0.15, 0.2) is 6.04 Å². The van der Waals surface area contributed by atoms with E-state index in [9.17, 15) is 19.3 Å². The van der Waals surface area contributed by atoms with Crippen LogP contribution < -0.4 is 5.32 Å². The number of carbonyl (C=O) groups excluding carboxylic acids is 1. The third kappa shape index (κ3) is 4.05. The first-order chi connectivity index (χ1) is 13.4. The SMILES string of the molecule is CCC(C(=O)Nc1cnn(Cc2ccccc2F)c1)n1nc([N+](=O)[O-])cc1C. The lowest BCUT2D eigenvalue weighted by atomic mass is 10.2. The Morgan fingerprint density at radius 2 is 2.14 bits per heavy atom. The molecule has 2 aromatic heterocycles. The second kappa shape index (κ2) is 7.99. The van der Waals surface area contributed by atoms with Crippen molar-refractivity contribution in [1.29, 1.82) is 0 Å². The molecular weight excluding hydrogens is 367 g/mol. The number of nitrogens with zero attached hydrogens (tertiary/aromatic N) is 5. The number of amides is 1. The fraction of sp³-hybridized carbons (Fsp3) is 0.278. The van der Waals surface area contributed by atoms with Gasteiger partial charge in [-0.2, -0.15) is 9.78 Å². The molecule has 0 fully saturated rings. The predicted molar refractivity (Wildman–Crippen MR) is 99.3 cm³/mol. The summed E-state index contributed by atoms with van der Waals surface area (Å²) < 4.78 is 16.6.